The number of nitrogens with one attached hydrogen (secondary N) is 1. The Bertz CT molecular complexity index is 783. The maximum atomic E-state index is 13.1. The number of carbonyl (C=O) groups is 1. The third kappa shape index (κ3) is 3.38. The molecule has 25 heavy (non-hydrogen) atoms. The molecular weight excluding hydrogens is 326 g/mol. The number of carbonyl (C=O) groups excluding carboxylic acids is 1. The van der Waals surface area contributed by atoms with Gasteiger partial charge in [-0.25, -0.2) is 0 Å². The molecule has 0 bridgehead atoms. The summed E-state index contributed by atoms with van der Waals surface area (Å²) in [5.74, 6) is -0.179. The van der Waals surface area contributed by atoms with Crippen LogP contribution in [-0.2, 0) is 10.2 Å². The normalized spacial score (nSPS) is 15.1. The zero-order valence-electron chi connectivity index (χ0n) is 14.0. The SMILES string of the molecule is O=C(NCC1(c2cccs2)CC1)C(c1ccccc1)c1ccccc1. The molecule has 1 fully saturated rings. The molecule has 2 nitrogen and oxygen atoms in total. The van der Waals surface area contributed by atoms with E-state index in [4.69, 9.17) is 0 Å². The predicted octanol–water partition coefficient (Wildman–Crippen LogP) is 4.73. The van der Waals surface area contributed by atoms with E-state index in [0.717, 1.165) is 30.5 Å². The largest absolute Gasteiger partial charge is 0.354 e. The highest BCUT2D eigenvalue weighted by atomic mass is 32.1. The third-order valence-corrected chi connectivity index (χ3v) is 6.14. The first kappa shape index (κ1) is 16.1. The summed E-state index contributed by atoms with van der Waals surface area (Å²) in [6.07, 6.45) is 2.32. The molecular formula is C22H21NOS. The van der Waals surface area contributed by atoms with Gasteiger partial charge in [-0.3, -0.25) is 4.79 Å². The molecule has 126 valence electrons. The van der Waals surface area contributed by atoms with E-state index in [1.54, 1.807) is 11.3 Å². The average Bonchev–Trinajstić information content (AvgIpc) is 3.24. The van der Waals surface area contributed by atoms with Crippen molar-refractivity contribution in [1.29, 1.82) is 0 Å². The maximum absolute atomic E-state index is 13.1. The van der Waals surface area contributed by atoms with Crippen molar-refractivity contribution in [2.45, 2.75) is 24.2 Å². The van der Waals surface area contributed by atoms with Crippen LogP contribution >= 0.6 is 11.3 Å². The lowest BCUT2D eigenvalue weighted by atomic mass is 9.90. The van der Waals surface area contributed by atoms with Crippen LogP contribution in [0, 0.1) is 0 Å². The number of amides is 1. The number of rotatable bonds is 6. The number of hydrogen-bond donors (Lipinski definition) is 1. The molecule has 1 saturated carbocycles. The monoisotopic (exact) mass is 347 g/mol. The second-order valence-corrected chi connectivity index (χ2v) is 7.68. The molecule has 0 aliphatic heterocycles. The van der Waals surface area contributed by atoms with Crippen molar-refractivity contribution in [2.24, 2.45) is 0 Å². The van der Waals surface area contributed by atoms with Crippen molar-refractivity contribution in [1.82, 2.24) is 5.32 Å². The quantitative estimate of drug-likeness (QED) is 0.686. The van der Waals surface area contributed by atoms with Crippen LogP contribution in [0.5, 0.6) is 0 Å². The number of thiophene rings is 1. The average molecular weight is 347 g/mol. The van der Waals surface area contributed by atoms with E-state index in [1.807, 2.05) is 60.7 Å². The van der Waals surface area contributed by atoms with Crippen LogP contribution < -0.4 is 5.32 Å². The lowest BCUT2D eigenvalue weighted by Gasteiger charge is -2.20. The van der Waals surface area contributed by atoms with Crippen LogP contribution in [0.3, 0.4) is 0 Å². The Morgan fingerprint density at radius 1 is 0.920 bits per heavy atom. The fourth-order valence-electron chi connectivity index (χ4n) is 3.39. The summed E-state index contributed by atoms with van der Waals surface area (Å²) in [6.45, 7) is 0.725. The summed E-state index contributed by atoms with van der Waals surface area (Å²) >= 11 is 1.79. The Balaban J connectivity index is 1.55. The molecule has 1 aromatic heterocycles. The number of benzene rings is 2. The Labute approximate surface area is 152 Å². The summed E-state index contributed by atoms with van der Waals surface area (Å²) in [6, 6.07) is 24.4. The van der Waals surface area contributed by atoms with Crippen molar-refractivity contribution in [3.63, 3.8) is 0 Å². The fourth-order valence-corrected chi connectivity index (χ4v) is 4.37. The van der Waals surface area contributed by atoms with E-state index in [2.05, 4.69) is 22.8 Å². The minimum absolute atomic E-state index is 0.0835. The van der Waals surface area contributed by atoms with E-state index in [9.17, 15) is 4.79 Å². The first-order valence-electron chi connectivity index (χ1n) is 8.70. The highest BCUT2D eigenvalue weighted by Crippen LogP contribution is 2.49. The molecule has 4 rings (SSSR count). The van der Waals surface area contributed by atoms with Crippen molar-refractivity contribution < 1.29 is 4.79 Å². The van der Waals surface area contributed by atoms with E-state index in [0.29, 0.717) is 0 Å². The summed E-state index contributed by atoms with van der Waals surface area (Å²) in [7, 11) is 0. The molecule has 1 heterocycles. The van der Waals surface area contributed by atoms with Gasteiger partial charge in [0.1, 0.15) is 0 Å². The Hall–Kier alpha value is -2.39. The van der Waals surface area contributed by atoms with Crippen molar-refractivity contribution >= 4 is 17.2 Å². The van der Waals surface area contributed by atoms with E-state index in [-0.39, 0.29) is 17.2 Å². The third-order valence-electron chi connectivity index (χ3n) is 5.03. The Kier molecular flexibility index (Phi) is 4.41. The summed E-state index contributed by atoms with van der Waals surface area (Å²) in [5.41, 5.74) is 2.24. The van der Waals surface area contributed by atoms with Crippen molar-refractivity contribution in [3.05, 3.63) is 94.2 Å². The smallest absolute Gasteiger partial charge is 0.232 e. The standard InChI is InChI=1S/C22H21NOS/c24-21(23-16-22(13-14-22)19-12-7-15-25-19)20(17-8-3-1-4-9-17)18-10-5-2-6-11-18/h1-12,15,20H,13-14,16H2,(H,23,24). The summed E-state index contributed by atoms with van der Waals surface area (Å²) in [4.78, 5) is 14.5. The number of hydrogen-bond acceptors (Lipinski definition) is 2. The minimum Gasteiger partial charge on any atom is -0.354 e. The summed E-state index contributed by atoms with van der Waals surface area (Å²) < 4.78 is 0. The maximum Gasteiger partial charge on any atom is 0.232 e. The molecule has 1 amide bonds. The first-order valence-corrected chi connectivity index (χ1v) is 9.58. The van der Waals surface area contributed by atoms with Gasteiger partial charge in [0.25, 0.3) is 0 Å². The second kappa shape index (κ2) is 6.85. The molecule has 0 unspecified atom stereocenters. The minimum atomic E-state index is -0.262. The van der Waals surface area contributed by atoms with Gasteiger partial charge >= 0.3 is 0 Å². The Morgan fingerprint density at radius 3 is 2.00 bits per heavy atom. The van der Waals surface area contributed by atoms with Crippen molar-refractivity contribution in [3.8, 4) is 0 Å². The molecule has 2 aromatic carbocycles. The zero-order valence-corrected chi connectivity index (χ0v) is 14.8. The molecule has 0 atom stereocenters. The van der Waals surface area contributed by atoms with Gasteiger partial charge < -0.3 is 5.32 Å². The lowest BCUT2D eigenvalue weighted by molar-refractivity contribution is -0.121. The Morgan fingerprint density at radius 2 is 1.52 bits per heavy atom. The highest BCUT2D eigenvalue weighted by Gasteiger charge is 2.45. The van der Waals surface area contributed by atoms with Gasteiger partial charge in [0, 0.05) is 16.8 Å². The molecule has 1 aliphatic rings. The van der Waals surface area contributed by atoms with Gasteiger partial charge in [0.15, 0.2) is 0 Å². The molecule has 3 aromatic rings. The molecule has 1 aliphatic carbocycles. The molecule has 0 spiro atoms. The van der Waals surface area contributed by atoms with E-state index >= 15 is 0 Å². The second-order valence-electron chi connectivity index (χ2n) is 6.73. The highest BCUT2D eigenvalue weighted by molar-refractivity contribution is 7.10. The van der Waals surface area contributed by atoms with Gasteiger partial charge in [-0.1, -0.05) is 66.7 Å². The van der Waals surface area contributed by atoms with Gasteiger partial charge in [-0.15, -0.1) is 11.3 Å². The van der Waals surface area contributed by atoms with Gasteiger partial charge in [0.05, 0.1) is 5.92 Å². The molecule has 0 radical (unpaired) electrons. The van der Waals surface area contributed by atoms with E-state index in [1.165, 1.54) is 4.88 Å². The first-order chi connectivity index (χ1) is 12.3. The van der Waals surface area contributed by atoms with Gasteiger partial charge in [-0.2, -0.15) is 0 Å². The molecule has 1 N–H and O–H groups in total. The topological polar surface area (TPSA) is 29.1 Å². The van der Waals surface area contributed by atoms with Crippen LogP contribution in [0.4, 0.5) is 0 Å². The van der Waals surface area contributed by atoms with Crippen LogP contribution in [0.25, 0.3) is 0 Å². The molecule has 3 heteroatoms. The zero-order chi connectivity index (χ0) is 17.1. The molecule has 0 saturated heterocycles. The summed E-state index contributed by atoms with van der Waals surface area (Å²) in [5, 5.41) is 5.36. The van der Waals surface area contributed by atoms with Gasteiger partial charge in [0.2, 0.25) is 5.91 Å². The predicted molar refractivity (Wildman–Crippen MR) is 103 cm³/mol. The van der Waals surface area contributed by atoms with Crippen LogP contribution in [0.15, 0.2) is 78.2 Å². The van der Waals surface area contributed by atoms with Crippen molar-refractivity contribution in [2.75, 3.05) is 6.54 Å². The fraction of sp³-hybridized carbons (Fsp3) is 0.227. The van der Waals surface area contributed by atoms with Crippen LogP contribution in [0.1, 0.15) is 34.8 Å². The lowest BCUT2D eigenvalue weighted by Crippen LogP contribution is -2.35. The van der Waals surface area contributed by atoms with E-state index < -0.39 is 0 Å². The van der Waals surface area contributed by atoms with Crippen LogP contribution in [0.2, 0.25) is 0 Å². The van der Waals surface area contributed by atoms with Gasteiger partial charge in [-0.05, 0) is 35.4 Å². The van der Waals surface area contributed by atoms with Crippen LogP contribution in [-0.4, -0.2) is 12.5 Å².